The first-order chi connectivity index (χ1) is 8.99. The van der Waals surface area contributed by atoms with Crippen LogP contribution in [0.3, 0.4) is 0 Å². The van der Waals surface area contributed by atoms with Crippen molar-refractivity contribution < 1.29 is 0 Å². The van der Waals surface area contributed by atoms with Crippen molar-refractivity contribution in [1.82, 2.24) is 10.2 Å². The molecule has 1 N–H and O–H groups in total. The van der Waals surface area contributed by atoms with E-state index in [-0.39, 0.29) is 0 Å². The van der Waals surface area contributed by atoms with Gasteiger partial charge in [0.2, 0.25) is 0 Å². The van der Waals surface area contributed by atoms with E-state index in [2.05, 4.69) is 56.1 Å². The van der Waals surface area contributed by atoms with Gasteiger partial charge in [-0.2, -0.15) is 0 Å². The fraction of sp³-hybridized carbons (Fsp3) is 0.647. The summed E-state index contributed by atoms with van der Waals surface area (Å²) in [6, 6.07) is 6.81. The van der Waals surface area contributed by atoms with E-state index in [1.807, 2.05) is 0 Å². The maximum atomic E-state index is 3.44. The lowest BCUT2D eigenvalue weighted by molar-refractivity contribution is 0.0959. The minimum Gasteiger partial charge on any atom is -0.314 e. The van der Waals surface area contributed by atoms with E-state index < -0.39 is 0 Å². The molecule has 0 atom stereocenters. The molecule has 0 saturated carbocycles. The van der Waals surface area contributed by atoms with E-state index in [1.165, 1.54) is 42.6 Å². The molecule has 0 aromatic heterocycles. The average Bonchev–Trinajstić information content (AvgIpc) is 2.41. The lowest BCUT2D eigenvalue weighted by atomic mass is 9.91. The highest BCUT2D eigenvalue weighted by Gasteiger charge is 2.27. The quantitative estimate of drug-likeness (QED) is 0.895. The van der Waals surface area contributed by atoms with Crippen LogP contribution in [-0.2, 0) is 6.42 Å². The van der Waals surface area contributed by atoms with Crippen molar-refractivity contribution in [2.24, 2.45) is 0 Å². The van der Waals surface area contributed by atoms with Crippen molar-refractivity contribution >= 4 is 0 Å². The van der Waals surface area contributed by atoms with Crippen LogP contribution in [0.25, 0.3) is 0 Å². The van der Waals surface area contributed by atoms with E-state index in [0.29, 0.717) is 5.54 Å². The first-order valence-corrected chi connectivity index (χ1v) is 7.51. The largest absolute Gasteiger partial charge is 0.314 e. The first kappa shape index (κ1) is 14.5. The molecule has 19 heavy (non-hydrogen) atoms. The highest BCUT2D eigenvalue weighted by atomic mass is 15.2. The van der Waals surface area contributed by atoms with Gasteiger partial charge in [0.05, 0.1) is 0 Å². The average molecular weight is 260 g/mol. The van der Waals surface area contributed by atoms with Crippen LogP contribution in [0, 0.1) is 13.8 Å². The lowest BCUT2D eigenvalue weighted by Gasteiger charge is -2.41. The molecule has 0 spiro atoms. The van der Waals surface area contributed by atoms with Crippen LogP contribution in [0.2, 0.25) is 0 Å². The number of benzene rings is 1. The molecule has 1 aliphatic rings. The van der Waals surface area contributed by atoms with E-state index in [4.69, 9.17) is 0 Å². The molecule has 0 aliphatic carbocycles. The Hall–Kier alpha value is -0.860. The second kappa shape index (κ2) is 6.06. The van der Waals surface area contributed by atoms with Gasteiger partial charge in [-0.3, -0.25) is 4.90 Å². The van der Waals surface area contributed by atoms with Crippen molar-refractivity contribution in [3.05, 3.63) is 34.9 Å². The molecule has 1 heterocycles. The van der Waals surface area contributed by atoms with Crippen molar-refractivity contribution in [3.63, 3.8) is 0 Å². The predicted molar refractivity (Wildman–Crippen MR) is 82.8 cm³/mol. The number of hydrogen-bond acceptors (Lipinski definition) is 2. The van der Waals surface area contributed by atoms with Gasteiger partial charge in [0, 0.05) is 31.7 Å². The summed E-state index contributed by atoms with van der Waals surface area (Å²) in [5, 5.41) is 3.44. The number of hydrogen-bond donors (Lipinski definition) is 1. The summed E-state index contributed by atoms with van der Waals surface area (Å²) in [5.41, 5.74) is 4.63. The van der Waals surface area contributed by atoms with Crippen LogP contribution >= 0.6 is 0 Å². The fourth-order valence-corrected chi connectivity index (χ4v) is 2.94. The molecule has 2 heteroatoms. The van der Waals surface area contributed by atoms with Crippen LogP contribution in [0.5, 0.6) is 0 Å². The van der Waals surface area contributed by atoms with Crippen molar-refractivity contribution in [3.8, 4) is 0 Å². The zero-order valence-corrected chi connectivity index (χ0v) is 12.9. The van der Waals surface area contributed by atoms with E-state index >= 15 is 0 Å². The third kappa shape index (κ3) is 3.80. The summed E-state index contributed by atoms with van der Waals surface area (Å²) < 4.78 is 0. The van der Waals surface area contributed by atoms with Gasteiger partial charge >= 0.3 is 0 Å². The number of piperazine rings is 1. The number of rotatable bonds is 4. The van der Waals surface area contributed by atoms with Crippen LogP contribution in [0.15, 0.2) is 18.2 Å². The van der Waals surface area contributed by atoms with Crippen molar-refractivity contribution in [2.45, 2.75) is 46.1 Å². The standard InChI is InChI=1S/C17H28N2/c1-14-5-6-15(2)16(13-14)7-8-17(3,4)19-11-9-18-10-12-19/h5-6,13,18H,7-12H2,1-4H3. The van der Waals surface area contributed by atoms with Crippen molar-refractivity contribution in [2.75, 3.05) is 26.2 Å². The van der Waals surface area contributed by atoms with Gasteiger partial charge in [-0.1, -0.05) is 23.8 Å². The topological polar surface area (TPSA) is 15.3 Å². The normalized spacial score (nSPS) is 17.7. The Balaban J connectivity index is 1.98. The Morgan fingerprint density at radius 3 is 2.53 bits per heavy atom. The third-order valence-electron chi connectivity index (χ3n) is 4.48. The fourth-order valence-electron chi connectivity index (χ4n) is 2.94. The Labute approximate surface area is 118 Å². The zero-order chi connectivity index (χ0) is 13.9. The van der Waals surface area contributed by atoms with E-state index in [9.17, 15) is 0 Å². The maximum absolute atomic E-state index is 3.44. The van der Waals surface area contributed by atoms with Crippen LogP contribution < -0.4 is 5.32 Å². The molecule has 1 fully saturated rings. The highest BCUT2D eigenvalue weighted by Crippen LogP contribution is 2.23. The van der Waals surface area contributed by atoms with Gasteiger partial charge in [-0.05, 0) is 51.7 Å². The molecule has 0 bridgehead atoms. The number of aryl methyl sites for hydroxylation is 3. The molecule has 1 saturated heterocycles. The van der Waals surface area contributed by atoms with Crippen LogP contribution in [-0.4, -0.2) is 36.6 Å². The van der Waals surface area contributed by atoms with Gasteiger partial charge in [0.25, 0.3) is 0 Å². The Kier molecular flexibility index (Phi) is 4.64. The van der Waals surface area contributed by atoms with Gasteiger partial charge < -0.3 is 5.32 Å². The molecule has 1 aromatic carbocycles. The molecule has 0 radical (unpaired) electrons. The van der Waals surface area contributed by atoms with Crippen LogP contribution in [0.1, 0.15) is 37.0 Å². The zero-order valence-electron chi connectivity index (χ0n) is 12.9. The third-order valence-corrected chi connectivity index (χ3v) is 4.48. The van der Waals surface area contributed by atoms with Gasteiger partial charge in [-0.25, -0.2) is 0 Å². The van der Waals surface area contributed by atoms with Gasteiger partial charge in [0.15, 0.2) is 0 Å². The molecule has 0 unspecified atom stereocenters. The molecular weight excluding hydrogens is 232 g/mol. The maximum Gasteiger partial charge on any atom is 0.0157 e. The van der Waals surface area contributed by atoms with E-state index in [0.717, 1.165) is 13.1 Å². The monoisotopic (exact) mass is 260 g/mol. The first-order valence-electron chi connectivity index (χ1n) is 7.51. The highest BCUT2D eigenvalue weighted by molar-refractivity contribution is 5.30. The molecule has 1 aliphatic heterocycles. The molecule has 2 rings (SSSR count). The summed E-state index contributed by atoms with van der Waals surface area (Å²) >= 11 is 0. The lowest BCUT2D eigenvalue weighted by Crippen LogP contribution is -2.53. The Morgan fingerprint density at radius 1 is 1.16 bits per heavy atom. The summed E-state index contributed by atoms with van der Waals surface area (Å²) in [6.07, 6.45) is 2.42. The molecule has 2 nitrogen and oxygen atoms in total. The minimum atomic E-state index is 0.304. The molecular formula is C17H28N2. The smallest absolute Gasteiger partial charge is 0.0157 e. The molecule has 1 aromatic rings. The molecule has 106 valence electrons. The summed E-state index contributed by atoms with van der Waals surface area (Å²) in [7, 11) is 0. The number of nitrogens with zero attached hydrogens (tertiary/aromatic N) is 1. The van der Waals surface area contributed by atoms with Crippen molar-refractivity contribution in [1.29, 1.82) is 0 Å². The van der Waals surface area contributed by atoms with Crippen LogP contribution in [0.4, 0.5) is 0 Å². The summed E-state index contributed by atoms with van der Waals surface area (Å²) in [4.78, 5) is 2.63. The Bertz CT molecular complexity index is 417. The summed E-state index contributed by atoms with van der Waals surface area (Å²) in [6.45, 7) is 13.8. The van der Waals surface area contributed by atoms with E-state index in [1.54, 1.807) is 0 Å². The van der Waals surface area contributed by atoms with Gasteiger partial charge in [0.1, 0.15) is 0 Å². The molecule has 0 amide bonds. The second-order valence-electron chi connectivity index (χ2n) is 6.48. The summed E-state index contributed by atoms with van der Waals surface area (Å²) in [5.74, 6) is 0. The number of nitrogens with one attached hydrogen (secondary N) is 1. The minimum absolute atomic E-state index is 0.304. The second-order valence-corrected chi connectivity index (χ2v) is 6.48. The van der Waals surface area contributed by atoms with Gasteiger partial charge in [-0.15, -0.1) is 0 Å². The Morgan fingerprint density at radius 2 is 1.84 bits per heavy atom. The SMILES string of the molecule is Cc1ccc(C)c(CCC(C)(C)N2CCNCC2)c1. The predicted octanol–water partition coefficient (Wildman–Crippen LogP) is 2.92.